The predicted octanol–water partition coefficient (Wildman–Crippen LogP) is 4.26. The maximum Gasteiger partial charge on any atom is 0.109 e. The van der Waals surface area contributed by atoms with Crippen molar-refractivity contribution in [3.8, 4) is 0 Å². The maximum atomic E-state index is 5.15. The van der Waals surface area contributed by atoms with Crippen LogP contribution in [-0.4, -0.2) is 4.98 Å². The third-order valence-corrected chi connectivity index (χ3v) is 3.17. The van der Waals surface area contributed by atoms with E-state index >= 15 is 0 Å². The molecule has 0 saturated carbocycles. The van der Waals surface area contributed by atoms with Gasteiger partial charge in [-0.2, -0.15) is 0 Å². The first kappa shape index (κ1) is 13.7. The molecule has 0 aliphatic rings. The molecule has 0 radical (unpaired) electrons. The van der Waals surface area contributed by atoms with Gasteiger partial charge in [0.25, 0.3) is 0 Å². The number of rotatable bonds is 5. The molecule has 0 aliphatic carbocycles. The van der Waals surface area contributed by atoms with Crippen LogP contribution in [0.4, 0.5) is 0 Å². The third-order valence-electron chi connectivity index (χ3n) is 2.21. The van der Waals surface area contributed by atoms with E-state index in [4.69, 9.17) is 9.78 Å². The quantitative estimate of drug-likeness (QED) is 0.340. The van der Waals surface area contributed by atoms with E-state index in [-0.39, 0.29) is 0 Å². The Labute approximate surface area is 122 Å². The Morgan fingerprint density at radius 3 is 2.39 bits per heavy atom. The van der Waals surface area contributed by atoms with Crippen molar-refractivity contribution in [2.45, 2.75) is 13.2 Å². The van der Waals surface area contributed by atoms with Gasteiger partial charge < -0.3 is 0 Å². The Bertz CT molecular complexity index is 503. The number of pyridine rings is 1. The first-order valence-electron chi connectivity index (χ1n) is 5.33. The van der Waals surface area contributed by atoms with E-state index < -0.39 is 0 Å². The van der Waals surface area contributed by atoms with Gasteiger partial charge in [-0.25, -0.2) is 14.8 Å². The smallest absolute Gasteiger partial charge is 0.109 e. The molecule has 1 heterocycles. The fourth-order valence-corrected chi connectivity index (χ4v) is 2.02. The molecule has 3 nitrogen and oxygen atoms in total. The first-order chi connectivity index (χ1) is 8.74. The number of hydrogen-bond acceptors (Lipinski definition) is 3. The van der Waals surface area contributed by atoms with Crippen molar-refractivity contribution >= 4 is 31.9 Å². The van der Waals surface area contributed by atoms with Crippen molar-refractivity contribution in [3.63, 3.8) is 0 Å². The normalized spacial score (nSPS) is 10.6. The Morgan fingerprint density at radius 2 is 1.72 bits per heavy atom. The average molecular weight is 373 g/mol. The lowest BCUT2D eigenvalue weighted by Gasteiger charge is -2.04. The van der Waals surface area contributed by atoms with Crippen LogP contribution in [0.25, 0.3) is 0 Å². The summed E-state index contributed by atoms with van der Waals surface area (Å²) in [5.41, 5.74) is 2.02. The second-order valence-corrected chi connectivity index (χ2v) is 5.37. The van der Waals surface area contributed by atoms with Gasteiger partial charge in [-0.15, -0.1) is 0 Å². The molecule has 0 saturated heterocycles. The highest BCUT2D eigenvalue weighted by molar-refractivity contribution is 9.10. The summed E-state index contributed by atoms with van der Waals surface area (Å²) in [7, 11) is 0. The molecular weight excluding hydrogens is 362 g/mol. The van der Waals surface area contributed by atoms with E-state index in [2.05, 4.69) is 36.8 Å². The summed E-state index contributed by atoms with van der Waals surface area (Å²) in [5.74, 6) is 0. The Morgan fingerprint density at radius 1 is 0.944 bits per heavy atom. The molecule has 0 unspecified atom stereocenters. The molecule has 0 amide bonds. The van der Waals surface area contributed by atoms with Crippen LogP contribution in [0.1, 0.15) is 11.1 Å². The molecule has 0 N–H and O–H groups in total. The molecule has 0 atom stereocenters. The lowest BCUT2D eigenvalue weighted by Crippen LogP contribution is -1.96. The standard InChI is InChI=1S/C13H11Br2NO2/c14-12-3-1-2-10(6-12)8-17-18-9-11-4-5-13(15)16-7-11/h1-7H,8-9H2. The van der Waals surface area contributed by atoms with Crippen molar-refractivity contribution in [2.24, 2.45) is 0 Å². The SMILES string of the molecule is Brc1cccc(COOCc2ccc(Br)nc2)c1. The maximum absolute atomic E-state index is 5.15. The van der Waals surface area contributed by atoms with Crippen LogP contribution in [0.2, 0.25) is 0 Å². The molecule has 94 valence electrons. The van der Waals surface area contributed by atoms with E-state index in [1.807, 2.05) is 36.4 Å². The zero-order valence-electron chi connectivity index (χ0n) is 9.48. The van der Waals surface area contributed by atoms with Gasteiger partial charge in [0.15, 0.2) is 0 Å². The molecule has 0 aliphatic heterocycles. The lowest BCUT2D eigenvalue weighted by molar-refractivity contribution is -0.313. The van der Waals surface area contributed by atoms with Crippen molar-refractivity contribution < 1.29 is 9.78 Å². The van der Waals surface area contributed by atoms with Gasteiger partial charge in [0.2, 0.25) is 0 Å². The molecule has 0 spiro atoms. The van der Waals surface area contributed by atoms with E-state index in [1.165, 1.54) is 0 Å². The fraction of sp³-hybridized carbons (Fsp3) is 0.154. The van der Waals surface area contributed by atoms with E-state index in [9.17, 15) is 0 Å². The first-order valence-corrected chi connectivity index (χ1v) is 6.92. The molecular formula is C13H11Br2NO2. The average Bonchev–Trinajstić information content (AvgIpc) is 2.37. The number of benzene rings is 1. The minimum absolute atomic E-state index is 0.383. The minimum Gasteiger partial charge on any atom is -0.249 e. The summed E-state index contributed by atoms with van der Waals surface area (Å²) in [5, 5.41) is 0. The number of halogens is 2. The van der Waals surface area contributed by atoms with Gasteiger partial charge in [-0.1, -0.05) is 34.1 Å². The van der Waals surface area contributed by atoms with Crippen LogP contribution in [0.5, 0.6) is 0 Å². The minimum atomic E-state index is 0.383. The van der Waals surface area contributed by atoms with Crippen LogP contribution in [0, 0.1) is 0 Å². The van der Waals surface area contributed by atoms with Crippen molar-refractivity contribution in [3.05, 3.63) is 62.8 Å². The summed E-state index contributed by atoms with van der Waals surface area (Å²) < 4.78 is 1.84. The molecule has 1 aromatic carbocycles. The number of hydrogen-bond donors (Lipinski definition) is 0. The largest absolute Gasteiger partial charge is 0.249 e. The number of nitrogens with zero attached hydrogens (tertiary/aromatic N) is 1. The van der Waals surface area contributed by atoms with Crippen LogP contribution >= 0.6 is 31.9 Å². The molecule has 0 fully saturated rings. The molecule has 0 bridgehead atoms. The summed E-state index contributed by atoms with van der Waals surface area (Å²) in [4.78, 5) is 14.4. The van der Waals surface area contributed by atoms with E-state index in [0.29, 0.717) is 13.2 Å². The van der Waals surface area contributed by atoms with Crippen LogP contribution in [0.3, 0.4) is 0 Å². The molecule has 18 heavy (non-hydrogen) atoms. The second kappa shape index (κ2) is 6.99. The zero-order chi connectivity index (χ0) is 12.8. The summed E-state index contributed by atoms with van der Waals surface area (Å²) in [6.07, 6.45) is 1.74. The lowest BCUT2D eigenvalue weighted by atomic mass is 10.2. The number of aromatic nitrogens is 1. The monoisotopic (exact) mass is 371 g/mol. The van der Waals surface area contributed by atoms with E-state index in [0.717, 1.165) is 20.2 Å². The zero-order valence-corrected chi connectivity index (χ0v) is 12.6. The van der Waals surface area contributed by atoms with Gasteiger partial charge in [0, 0.05) is 10.7 Å². The Hall–Kier alpha value is -0.750. The highest BCUT2D eigenvalue weighted by Crippen LogP contribution is 2.13. The summed E-state index contributed by atoms with van der Waals surface area (Å²) in [6, 6.07) is 11.7. The van der Waals surface area contributed by atoms with Gasteiger partial charge in [0.05, 0.1) is 0 Å². The van der Waals surface area contributed by atoms with Gasteiger partial charge in [0.1, 0.15) is 17.8 Å². The Kier molecular flexibility index (Phi) is 5.31. The molecule has 5 heteroatoms. The van der Waals surface area contributed by atoms with Crippen LogP contribution in [-0.2, 0) is 23.0 Å². The molecule has 1 aromatic heterocycles. The van der Waals surface area contributed by atoms with Crippen molar-refractivity contribution in [1.82, 2.24) is 4.98 Å². The topological polar surface area (TPSA) is 31.4 Å². The predicted molar refractivity (Wildman–Crippen MR) is 75.7 cm³/mol. The van der Waals surface area contributed by atoms with Gasteiger partial charge in [-0.05, 0) is 45.3 Å². The fourth-order valence-electron chi connectivity index (χ4n) is 1.34. The second-order valence-electron chi connectivity index (χ2n) is 3.64. The van der Waals surface area contributed by atoms with Gasteiger partial charge in [-0.3, -0.25) is 0 Å². The Balaban J connectivity index is 1.74. The summed E-state index contributed by atoms with van der Waals surface area (Å²) >= 11 is 6.68. The van der Waals surface area contributed by atoms with Crippen molar-refractivity contribution in [2.75, 3.05) is 0 Å². The van der Waals surface area contributed by atoms with Crippen LogP contribution < -0.4 is 0 Å². The van der Waals surface area contributed by atoms with Crippen molar-refractivity contribution in [1.29, 1.82) is 0 Å². The van der Waals surface area contributed by atoms with Gasteiger partial charge >= 0.3 is 0 Å². The summed E-state index contributed by atoms with van der Waals surface area (Å²) in [6.45, 7) is 0.803. The van der Waals surface area contributed by atoms with Crippen LogP contribution in [0.15, 0.2) is 51.7 Å². The highest BCUT2D eigenvalue weighted by atomic mass is 79.9. The molecule has 2 aromatic rings. The van der Waals surface area contributed by atoms with E-state index in [1.54, 1.807) is 6.20 Å². The third kappa shape index (κ3) is 4.49. The highest BCUT2D eigenvalue weighted by Gasteiger charge is 1.97. The molecule has 2 rings (SSSR count).